The summed E-state index contributed by atoms with van der Waals surface area (Å²) in [6.45, 7) is 0. The summed E-state index contributed by atoms with van der Waals surface area (Å²) < 4.78 is 11.6. The largest absolute Gasteiger partial charge is 0.497 e. The van der Waals surface area contributed by atoms with Crippen molar-refractivity contribution in [2.45, 2.75) is 5.88 Å². The predicted molar refractivity (Wildman–Crippen MR) is 74.6 cm³/mol. The van der Waals surface area contributed by atoms with E-state index in [4.69, 9.17) is 21.1 Å². The molecule has 94 valence electrons. The molecular weight excluding hydrogens is 318 g/mol. The van der Waals surface area contributed by atoms with Crippen LogP contribution >= 0.6 is 27.5 Å². The van der Waals surface area contributed by atoms with E-state index in [0.717, 1.165) is 15.8 Å². The zero-order valence-corrected chi connectivity index (χ0v) is 12.0. The number of rotatable bonds is 4. The Labute approximate surface area is 119 Å². The molecule has 3 nitrogen and oxygen atoms in total. The van der Waals surface area contributed by atoms with Crippen molar-refractivity contribution in [3.63, 3.8) is 0 Å². The van der Waals surface area contributed by atoms with E-state index in [1.165, 1.54) is 0 Å². The van der Waals surface area contributed by atoms with Crippen molar-refractivity contribution in [3.05, 3.63) is 46.6 Å². The van der Waals surface area contributed by atoms with Crippen LogP contribution in [0.4, 0.5) is 0 Å². The molecule has 2 rings (SSSR count). The van der Waals surface area contributed by atoms with Gasteiger partial charge in [0, 0.05) is 16.2 Å². The highest BCUT2D eigenvalue weighted by molar-refractivity contribution is 9.10. The average molecular weight is 329 g/mol. The van der Waals surface area contributed by atoms with Crippen molar-refractivity contribution < 1.29 is 9.47 Å². The molecule has 0 aliphatic carbocycles. The fraction of sp³-hybridized carbons (Fsp3) is 0.154. The lowest BCUT2D eigenvalue weighted by molar-refractivity contribution is 0.412. The van der Waals surface area contributed by atoms with Gasteiger partial charge in [-0.25, -0.2) is 4.98 Å². The summed E-state index contributed by atoms with van der Waals surface area (Å²) in [7, 11) is 1.62. The lowest BCUT2D eigenvalue weighted by Crippen LogP contribution is -1.93. The molecule has 5 heteroatoms. The Hall–Kier alpha value is -1.26. The van der Waals surface area contributed by atoms with Crippen molar-refractivity contribution in [1.29, 1.82) is 0 Å². The van der Waals surface area contributed by atoms with E-state index in [0.29, 0.717) is 17.5 Å². The lowest BCUT2D eigenvalue weighted by atomic mass is 10.3. The third-order valence-corrected chi connectivity index (χ3v) is 3.03. The summed E-state index contributed by atoms with van der Waals surface area (Å²) in [4.78, 5) is 4.20. The van der Waals surface area contributed by atoms with Gasteiger partial charge in [0.15, 0.2) is 0 Å². The molecule has 0 amide bonds. The normalized spacial score (nSPS) is 10.2. The van der Waals surface area contributed by atoms with Crippen LogP contribution in [0.2, 0.25) is 0 Å². The Morgan fingerprint density at radius 3 is 2.50 bits per heavy atom. The summed E-state index contributed by atoms with van der Waals surface area (Å²) in [5, 5.41) is 0. The first-order chi connectivity index (χ1) is 8.72. The first-order valence-corrected chi connectivity index (χ1v) is 6.58. The molecule has 1 heterocycles. The molecular formula is C13H11BrClNO2. The molecule has 0 aliphatic rings. The topological polar surface area (TPSA) is 31.4 Å². The molecule has 18 heavy (non-hydrogen) atoms. The maximum absolute atomic E-state index is 5.86. The van der Waals surface area contributed by atoms with Gasteiger partial charge in [-0.05, 0) is 46.3 Å². The Kier molecular flexibility index (Phi) is 4.44. The molecule has 0 spiro atoms. The number of halogens is 2. The van der Waals surface area contributed by atoms with E-state index >= 15 is 0 Å². The summed E-state index contributed by atoms with van der Waals surface area (Å²) in [5.74, 6) is 2.33. The molecule has 0 N–H and O–H groups in total. The number of methoxy groups -OCH3 is 1. The third kappa shape index (κ3) is 3.15. The molecule has 0 aliphatic heterocycles. The number of aromatic nitrogens is 1. The zero-order valence-electron chi connectivity index (χ0n) is 9.69. The fourth-order valence-electron chi connectivity index (χ4n) is 1.41. The summed E-state index contributed by atoms with van der Waals surface area (Å²) in [6, 6.07) is 9.18. The first kappa shape index (κ1) is 13.2. The van der Waals surface area contributed by atoms with Crippen LogP contribution in [-0.2, 0) is 5.88 Å². The monoisotopic (exact) mass is 327 g/mol. The van der Waals surface area contributed by atoms with Crippen LogP contribution in [0.3, 0.4) is 0 Å². The standard InChI is InChI=1S/C13H11BrClNO2/c1-17-11-2-4-12(5-3-11)18-13-9(7-15)6-10(14)8-16-13/h2-6,8H,7H2,1H3. The van der Waals surface area contributed by atoms with Crippen molar-refractivity contribution in [3.8, 4) is 17.4 Å². The summed E-state index contributed by atoms with van der Waals surface area (Å²) in [6.07, 6.45) is 1.68. The van der Waals surface area contributed by atoms with E-state index in [-0.39, 0.29) is 0 Å². The van der Waals surface area contributed by atoms with Crippen molar-refractivity contribution >= 4 is 27.5 Å². The maximum Gasteiger partial charge on any atom is 0.223 e. The lowest BCUT2D eigenvalue weighted by Gasteiger charge is -2.09. The number of benzene rings is 1. The minimum Gasteiger partial charge on any atom is -0.497 e. The van der Waals surface area contributed by atoms with Crippen LogP contribution in [0, 0.1) is 0 Å². The molecule has 0 atom stereocenters. The van der Waals surface area contributed by atoms with Gasteiger partial charge in [-0.1, -0.05) is 0 Å². The highest BCUT2D eigenvalue weighted by Crippen LogP contribution is 2.27. The van der Waals surface area contributed by atoms with E-state index < -0.39 is 0 Å². The Morgan fingerprint density at radius 2 is 1.89 bits per heavy atom. The Morgan fingerprint density at radius 1 is 1.22 bits per heavy atom. The number of hydrogen-bond acceptors (Lipinski definition) is 3. The van der Waals surface area contributed by atoms with Crippen LogP contribution in [-0.4, -0.2) is 12.1 Å². The molecule has 0 fully saturated rings. The van der Waals surface area contributed by atoms with Gasteiger partial charge in [0.25, 0.3) is 0 Å². The van der Waals surface area contributed by atoms with Crippen LogP contribution in [0.15, 0.2) is 41.0 Å². The van der Waals surface area contributed by atoms with Crippen LogP contribution in [0.25, 0.3) is 0 Å². The second-order valence-electron chi connectivity index (χ2n) is 3.53. The minimum absolute atomic E-state index is 0.345. The highest BCUT2D eigenvalue weighted by Gasteiger charge is 2.07. The predicted octanol–water partition coefficient (Wildman–Crippen LogP) is 4.38. The van der Waals surface area contributed by atoms with E-state index in [1.54, 1.807) is 13.3 Å². The van der Waals surface area contributed by atoms with Gasteiger partial charge in [0.2, 0.25) is 5.88 Å². The van der Waals surface area contributed by atoms with Crippen molar-refractivity contribution in [2.75, 3.05) is 7.11 Å². The number of ether oxygens (including phenoxy) is 2. The average Bonchev–Trinajstić information content (AvgIpc) is 2.41. The van der Waals surface area contributed by atoms with Crippen molar-refractivity contribution in [2.24, 2.45) is 0 Å². The molecule has 0 bridgehead atoms. The summed E-state index contributed by atoms with van der Waals surface area (Å²) >= 11 is 9.21. The molecule has 0 unspecified atom stereocenters. The second kappa shape index (κ2) is 6.07. The molecule has 1 aromatic carbocycles. The van der Waals surface area contributed by atoms with Crippen LogP contribution < -0.4 is 9.47 Å². The number of pyridine rings is 1. The number of hydrogen-bond donors (Lipinski definition) is 0. The molecule has 1 aromatic heterocycles. The smallest absolute Gasteiger partial charge is 0.223 e. The third-order valence-electron chi connectivity index (χ3n) is 2.31. The summed E-state index contributed by atoms with van der Waals surface area (Å²) in [5.41, 5.74) is 0.835. The molecule has 0 radical (unpaired) electrons. The SMILES string of the molecule is COc1ccc(Oc2ncc(Br)cc2CCl)cc1. The van der Waals surface area contributed by atoms with E-state index in [9.17, 15) is 0 Å². The van der Waals surface area contributed by atoms with E-state index in [2.05, 4.69) is 20.9 Å². The van der Waals surface area contributed by atoms with Gasteiger partial charge >= 0.3 is 0 Å². The maximum atomic E-state index is 5.86. The number of nitrogens with zero attached hydrogens (tertiary/aromatic N) is 1. The van der Waals surface area contributed by atoms with Crippen LogP contribution in [0.1, 0.15) is 5.56 Å². The Balaban J connectivity index is 2.22. The molecule has 0 saturated heterocycles. The zero-order chi connectivity index (χ0) is 13.0. The van der Waals surface area contributed by atoms with Gasteiger partial charge in [-0.2, -0.15) is 0 Å². The molecule has 2 aromatic rings. The van der Waals surface area contributed by atoms with E-state index in [1.807, 2.05) is 30.3 Å². The number of alkyl halides is 1. The van der Waals surface area contributed by atoms with Crippen molar-refractivity contribution in [1.82, 2.24) is 4.98 Å². The molecule has 0 saturated carbocycles. The minimum atomic E-state index is 0.345. The first-order valence-electron chi connectivity index (χ1n) is 5.25. The fourth-order valence-corrected chi connectivity index (χ4v) is 1.98. The van der Waals surface area contributed by atoms with Crippen LogP contribution in [0.5, 0.6) is 17.4 Å². The Bertz CT molecular complexity index is 531. The highest BCUT2D eigenvalue weighted by atomic mass is 79.9. The second-order valence-corrected chi connectivity index (χ2v) is 4.71. The van der Waals surface area contributed by atoms with Gasteiger partial charge in [-0.3, -0.25) is 0 Å². The van der Waals surface area contributed by atoms with Gasteiger partial charge < -0.3 is 9.47 Å². The van der Waals surface area contributed by atoms with Gasteiger partial charge in [0.1, 0.15) is 11.5 Å². The quantitative estimate of drug-likeness (QED) is 0.780. The van der Waals surface area contributed by atoms with Gasteiger partial charge in [-0.15, -0.1) is 11.6 Å². The van der Waals surface area contributed by atoms with Gasteiger partial charge in [0.05, 0.1) is 13.0 Å².